The van der Waals surface area contributed by atoms with Crippen LogP contribution in [0.5, 0.6) is 11.5 Å². The summed E-state index contributed by atoms with van der Waals surface area (Å²) < 4.78 is 15.4. The lowest BCUT2D eigenvalue weighted by molar-refractivity contribution is -0.141. The van der Waals surface area contributed by atoms with Crippen molar-refractivity contribution in [2.45, 2.75) is 13.3 Å². The van der Waals surface area contributed by atoms with E-state index in [4.69, 9.17) is 21.1 Å². The van der Waals surface area contributed by atoms with Crippen molar-refractivity contribution in [3.8, 4) is 11.5 Å². The predicted molar refractivity (Wildman–Crippen MR) is 78.0 cm³/mol. The molecular weight excluding hydrogens is 296 g/mol. The van der Waals surface area contributed by atoms with Crippen LogP contribution in [0.2, 0.25) is 5.15 Å². The number of aromatic nitrogens is 2. The fourth-order valence-corrected chi connectivity index (χ4v) is 2.10. The van der Waals surface area contributed by atoms with Crippen LogP contribution < -0.4 is 9.47 Å². The normalized spacial score (nSPS) is 10.5. The van der Waals surface area contributed by atoms with Crippen molar-refractivity contribution in [3.05, 3.63) is 23.1 Å². The molecule has 1 aromatic heterocycles. The summed E-state index contributed by atoms with van der Waals surface area (Å²) in [6.07, 6.45) is 0.154. The van der Waals surface area contributed by atoms with Crippen molar-refractivity contribution < 1.29 is 19.0 Å². The Bertz CT molecular complexity index is 676. The molecule has 1 aromatic carbocycles. The minimum absolute atomic E-state index is 0.154. The number of benzene rings is 1. The van der Waals surface area contributed by atoms with Gasteiger partial charge in [-0.1, -0.05) is 11.6 Å². The van der Waals surface area contributed by atoms with Gasteiger partial charge in [-0.05, 0) is 13.0 Å². The highest BCUT2D eigenvalue weighted by molar-refractivity contribution is 6.34. The second-order valence-corrected chi connectivity index (χ2v) is 4.61. The van der Waals surface area contributed by atoms with Crippen molar-refractivity contribution in [1.82, 2.24) is 9.97 Å². The second kappa shape index (κ2) is 6.58. The van der Waals surface area contributed by atoms with Gasteiger partial charge < -0.3 is 14.2 Å². The number of hydrogen-bond donors (Lipinski definition) is 0. The van der Waals surface area contributed by atoms with Gasteiger partial charge in [-0.15, -0.1) is 0 Å². The smallest absolute Gasteiger partial charge is 0.308 e. The lowest BCUT2D eigenvalue weighted by Crippen LogP contribution is -2.08. The number of hydrogen-bond acceptors (Lipinski definition) is 6. The van der Waals surface area contributed by atoms with Crippen molar-refractivity contribution in [1.29, 1.82) is 0 Å². The van der Waals surface area contributed by atoms with E-state index in [0.29, 0.717) is 33.4 Å². The molecule has 7 heteroatoms. The summed E-state index contributed by atoms with van der Waals surface area (Å²) in [5.41, 5.74) is 0.654. The first-order valence-corrected chi connectivity index (χ1v) is 6.64. The SMILES string of the molecule is COC(=O)CCOc1cc2nc(C)nc(Cl)c2cc1OC. The maximum atomic E-state index is 11.1. The Balaban J connectivity index is 2.31. The van der Waals surface area contributed by atoms with Crippen LogP contribution in [-0.2, 0) is 9.53 Å². The Labute approximate surface area is 127 Å². The zero-order chi connectivity index (χ0) is 15.4. The first-order valence-electron chi connectivity index (χ1n) is 6.26. The molecule has 0 bridgehead atoms. The summed E-state index contributed by atoms with van der Waals surface area (Å²) in [6, 6.07) is 3.43. The van der Waals surface area contributed by atoms with Crippen molar-refractivity contribution in [2.75, 3.05) is 20.8 Å². The van der Waals surface area contributed by atoms with Crippen LogP contribution in [-0.4, -0.2) is 36.8 Å². The number of nitrogens with zero attached hydrogens (tertiary/aromatic N) is 2. The van der Waals surface area contributed by atoms with Crippen LogP contribution in [0.1, 0.15) is 12.2 Å². The van der Waals surface area contributed by atoms with E-state index in [1.54, 1.807) is 19.1 Å². The van der Waals surface area contributed by atoms with E-state index in [1.165, 1.54) is 14.2 Å². The highest BCUT2D eigenvalue weighted by atomic mass is 35.5. The number of rotatable bonds is 5. The number of aryl methyl sites for hydroxylation is 1. The molecule has 2 rings (SSSR count). The third kappa shape index (κ3) is 3.52. The third-order valence-corrected chi connectivity index (χ3v) is 3.13. The van der Waals surface area contributed by atoms with E-state index in [2.05, 4.69) is 14.7 Å². The summed E-state index contributed by atoms with van der Waals surface area (Å²) in [5.74, 6) is 1.22. The van der Waals surface area contributed by atoms with Crippen molar-refractivity contribution in [2.24, 2.45) is 0 Å². The minimum atomic E-state index is -0.337. The molecule has 0 aliphatic rings. The van der Waals surface area contributed by atoms with E-state index in [0.717, 1.165) is 0 Å². The number of carbonyl (C=O) groups is 1. The summed E-state index contributed by atoms with van der Waals surface area (Å²) in [4.78, 5) is 19.5. The molecule has 1 heterocycles. The van der Waals surface area contributed by atoms with Gasteiger partial charge in [0.2, 0.25) is 0 Å². The number of ether oxygens (including phenoxy) is 3. The van der Waals surface area contributed by atoms with Crippen molar-refractivity contribution in [3.63, 3.8) is 0 Å². The molecule has 0 radical (unpaired) electrons. The fraction of sp³-hybridized carbons (Fsp3) is 0.357. The first kappa shape index (κ1) is 15.3. The highest BCUT2D eigenvalue weighted by Gasteiger charge is 2.12. The Morgan fingerprint density at radius 2 is 2.00 bits per heavy atom. The molecule has 0 amide bonds. The number of methoxy groups -OCH3 is 2. The van der Waals surface area contributed by atoms with Crippen LogP contribution in [0.4, 0.5) is 0 Å². The van der Waals surface area contributed by atoms with E-state index >= 15 is 0 Å². The molecule has 21 heavy (non-hydrogen) atoms. The molecule has 0 spiro atoms. The minimum Gasteiger partial charge on any atom is -0.493 e. The Morgan fingerprint density at radius 1 is 1.24 bits per heavy atom. The van der Waals surface area contributed by atoms with Crippen LogP contribution in [0, 0.1) is 6.92 Å². The Morgan fingerprint density at radius 3 is 2.67 bits per heavy atom. The zero-order valence-corrected chi connectivity index (χ0v) is 12.7. The van der Waals surface area contributed by atoms with E-state index in [-0.39, 0.29) is 19.0 Å². The van der Waals surface area contributed by atoms with Gasteiger partial charge in [0.25, 0.3) is 0 Å². The fourth-order valence-electron chi connectivity index (χ4n) is 1.83. The van der Waals surface area contributed by atoms with Gasteiger partial charge in [0.05, 0.1) is 32.8 Å². The van der Waals surface area contributed by atoms with Gasteiger partial charge in [-0.3, -0.25) is 4.79 Å². The van der Waals surface area contributed by atoms with Crippen LogP contribution >= 0.6 is 11.6 Å². The summed E-state index contributed by atoms with van der Waals surface area (Å²) in [7, 11) is 2.86. The van der Waals surface area contributed by atoms with Gasteiger partial charge in [-0.2, -0.15) is 0 Å². The molecule has 0 unspecified atom stereocenters. The molecule has 0 atom stereocenters. The highest BCUT2D eigenvalue weighted by Crippen LogP contribution is 2.34. The molecule has 0 aliphatic carbocycles. The monoisotopic (exact) mass is 310 g/mol. The maximum Gasteiger partial charge on any atom is 0.308 e. The standard InChI is InChI=1S/C14H15ClN2O4/c1-8-16-10-7-12(21-5-4-13(18)20-3)11(19-2)6-9(10)14(15)17-8/h6-7H,4-5H2,1-3H3. The molecule has 0 N–H and O–H groups in total. The number of esters is 1. The predicted octanol–water partition coefficient (Wildman–Crippen LogP) is 2.54. The first-order chi connectivity index (χ1) is 10.0. The number of fused-ring (bicyclic) bond motifs is 1. The average molecular weight is 311 g/mol. The maximum absolute atomic E-state index is 11.1. The van der Waals surface area contributed by atoms with Crippen LogP contribution in [0.25, 0.3) is 10.9 Å². The molecule has 112 valence electrons. The van der Waals surface area contributed by atoms with Crippen LogP contribution in [0.15, 0.2) is 12.1 Å². The molecule has 2 aromatic rings. The quantitative estimate of drug-likeness (QED) is 0.624. The topological polar surface area (TPSA) is 70.5 Å². The Hall–Kier alpha value is -2.08. The van der Waals surface area contributed by atoms with E-state index in [1.807, 2.05) is 0 Å². The van der Waals surface area contributed by atoms with Crippen molar-refractivity contribution >= 4 is 28.5 Å². The zero-order valence-electron chi connectivity index (χ0n) is 12.0. The second-order valence-electron chi connectivity index (χ2n) is 4.26. The molecule has 0 saturated heterocycles. The summed E-state index contributed by atoms with van der Waals surface area (Å²) >= 11 is 6.10. The van der Waals surface area contributed by atoms with Gasteiger partial charge in [0, 0.05) is 11.5 Å². The lowest BCUT2D eigenvalue weighted by Gasteiger charge is -2.12. The lowest BCUT2D eigenvalue weighted by atomic mass is 10.2. The largest absolute Gasteiger partial charge is 0.493 e. The Kier molecular flexibility index (Phi) is 4.80. The summed E-state index contributed by atoms with van der Waals surface area (Å²) in [5, 5.41) is 1.04. The third-order valence-electron chi connectivity index (χ3n) is 2.84. The molecular formula is C14H15ClN2O4. The van der Waals surface area contributed by atoms with Gasteiger partial charge in [-0.25, -0.2) is 9.97 Å². The van der Waals surface area contributed by atoms with Crippen LogP contribution in [0.3, 0.4) is 0 Å². The number of halogens is 1. The summed E-state index contributed by atoms with van der Waals surface area (Å²) in [6.45, 7) is 1.94. The molecule has 0 fully saturated rings. The molecule has 6 nitrogen and oxygen atoms in total. The van der Waals surface area contributed by atoms with Gasteiger partial charge in [0.15, 0.2) is 11.5 Å². The van der Waals surface area contributed by atoms with Gasteiger partial charge >= 0.3 is 5.97 Å². The number of carbonyl (C=O) groups excluding carboxylic acids is 1. The van der Waals surface area contributed by atoms with E-state index < -0.39 is 0 Å². The average Bonchev–Trinajstić information content (AvgIpc) is 2.46. The molecule has 0 aliphatic heterocycles. The van der Waals surface area contributed by atoms with Gasteiger partial charge in [0.1, 0.15) is 11.0 Å². The molecule has 0 saturated carbocycles. The van der Waals surface area contributed by atoms with E-state index in [9.17, 15) is 4.79 Å².